The van der Waals surface area contributed by atoms with Crippen LogP contribution in [0.1, 0.15) is 18.5 Å². The summed E-state index contributed by atoms with van der Waals surface area (Å²) in [7, 11) is -3.73. The number of rotatable bonds is 4. The average Bonchev–Trinajstić information content (AvgIpc) is 2.94. The number of hydrogen-bond donors (Lipinski definition) is 1. The molecule has 22 heavy (non-hydrogen) atoms. The Bertz CT molecular complexity index is 790. The van der Waals surface area contributed by atoms with Crippen LogP contribution >= 0.6 is 0 Å². The van der Waals surface area contributed by atoms with Crippen molar-refractivity contribution in [2.24, 2.45) is 0 Å². The van der Waals surface area contributed by atoms with Gasteiger partial charge in [0.25, 0.3) is 0 Å². The van der Waals surface area contributed by atoms with Crippen molar-refractivity contribution in [3.8, 4) is 11.5 Å². The Hall–Kier alpha value is -2.12. The van der Waals surface area contributed by atoms with E-state index in [9.17, 15) is 12.8 Å². The maximum Gasteiger partial charge on any atom is 0.241 e. The molecular formula is C15H14FNO4S. The molecule has 1 aliphatic rings. The van der Waals surface area contributed by atoms with E-state index >= 15 is 0 Å². The molecule has 0 spiro atoms. The molecule has 0 radical (unpaired) electrons. The molecular weight excluding hydrogens is 309 g/mol. The van der Waals surface area contributed by atoms with Gasteiger partial charge < -0.3 is 9.47 Å². The second-order valence-corrected chi connectivity index (χ2v) is 6.62. The van der Waals surface area contributed by atoms with E-state index in [0.717, 1.165) is 17.7 Å². The van der Waals surface area contributed by atoms with Gasteiger partial charge in [-0.25, -0.2) is 17.5 Å². The highest BCUT2D eigenvalue weighted by atomic mass is 32.2. The summed E-state index contributed by atoms with van der Waals surface area (Å²) in [5, 5.41) is 0. The van der Waals surface area contributed by atoms with Crippen molar-refractivity contribution < 1.29 is 22.3 Å². The van der Waals surface area contributed by atoms with Crippen LogP contribution < -0.4 is 14.2 Å². The Balaban J connectivity index is 1.81. The van der Waals surface area contributed by atoms with E-state index in [-0.39, 0.29) is 11.7 Å². The molecule has 0 amide bonds. The van der Waals surface area contributed by atoms with Crippen LogP contribution in [0.4, 0.5) is 4.39 Å². The topological polar surface area (TPSA) is 64.6 Å². The van der Waals surface area contributed by atoms with Gasteiger partial charge in [-0.1, -0.05) is 6.07 Å². The summed E-state index contributed by atoms with van der Waals surface area (Å²) in [5.74, 6) is 0.741. The minimum absolute atomic E-state index is 0.0153. The van der Waals surface area contributed by atoms with Gasteiger partial charge in [0.05, 0.1) is 4.90 Å². The number of ether oxygens (including phenoxy) is 2. The molecule has 7 heteroatoms. The zero-order valence-corrected chi connectivity index (χ0v) is 12.6. The van der Waals surface area contributed by atoms with Gasteiger partial charge in [0.2, 0.25) is 16.8 Å². The quantitative estimate of drug-likeness (QED) is 0.939. The smallest absolute Gasteiger partial charge is 0.241 e. The van der Waals surface area contributed by atoms with E-state index in [1.807, 2.05) is 0 Å². The van der Waals surface area contributed by atoms with Crippen molar-refractivity contribution >= 4 is 10.0 Å². The number of hydrogen-bond acceptors (Lipinski definition) is 4. The van der Waals surface area contributed by atoms with Crippen LogP contribution in [0.2, 0.25) is 0 Å². The maximum absolute atomic E-state index is 12.9. The molecule has 0 aromatic heterocycles. The molecule has 1 aliphatic heterocycles. The molecule has 1 unspecified atom stereocenters. The van der Waals surface area contributed by atoms with Crippen molar-refractivity contribution in [3.63, 3.8) is 0 Å². The third-order valence-corrected chi connectivity index (χ3v) is 4.91. The van der Waals surface area contributed by atoms with E-state index in [1.54, 1.807) is 25.1 Å². The summed E-state index contributed by atoms with van der Waals surface area (Å²) in [5.41, 5.74) is 0.745. The Morgan fingerprint density at radius 1 is 1.09 bits per heavy atom. The van der Waals surface area contributed by atoms with Gasteiger partial charge in [-0.15, -0.1) is 0 Å². The van der Waals surface area contributed by atoms with E-state index < -0.39 is 21.9 Å². The third kappa shape index (κ3) is 2.90. The summed E-state index contributed by atoms with van der Waals surface area (Å²) >= 11 is 0. The van der Waals surface area contributed by atoms with Gasteiger partial charge in [0.15, 0.2) is 11.5 Å². The average molecular weight is 323 g/mol. The molecule has 5 nitrogen and oxygen atoms in total. The lowest BCUT2D eigenvalue weighted by Gasteiger charge is -2.15. The second-order valence-electron chi connectivity index (χ2n) is 4.91. The van der Waals surface area contributed by atoms with Crippen molar-refractivity contribution in [3.05, 3.63) is 53.8 Å². The van der Waals surface area contributed by atoms with E-state index in [4.69, 9.17) is 9.47 Å². The fraction of sp³-hybridized carbons (Fsp3) is 0.200. The second kappa shape index (κ2) is 5.58. The predicted molar refractivity (Wildman–Crippen MR) is 77.7 cm³/mol. The summed E-state index contributed by atoms with van der Waals surface area (Å²) in [6, 6.07) is 9.45. The van der Waals surface area contributed by atoms with Gasteiger partial charge >= 0.3 is 0 Å². The molecule has 116 valence electrons. The van der Waals surface area contributed by atoms with Crippen molar-refractivity contribution in [2.45, 2.75) is 17.9 Å². The number of nitrogens with one attached hydrogen (secondary N) is 1. The van der Waals surface area contributed by atoms with E-state index in [2.05, 4.69) is 4.72 Å². The van der Waals surface area contributed by atoms with Gasteiger partial charge in [0.1, 0.15) is 5.82 Å². The molecule has 0 saturated heterocycles. The minimum atomic E-state index is -3.73. The SMILES string of the molecule is CC(NS(=O)(=O)c1ccc(F)cc1)c1ccc2c(c1)OCO2. The first-order valence-corrected chi connectivity index (χ1v) is 8.11. The van der Waals surface area contributed by atoms with Crippen LogP contribution in [0.25, 0.3) is 0 Å². The molecule has 0 saturated carbocycles. The summed E-state index contributed by atoms with van der Waals surface area (Å²) in [6.07, 6.45) is 0. The van der Waals surface area contributed by atoms with Gasteiger partial charge in [-0.2, -0.15) is 0 Å². The normalized spacial score (nSPS) is 14.8. The number of halogens is 1. The molecule has 1 atom stereocenters. The van der Waals surface area contributed by atoms with Gasteiger partial charge in [0, 0.05) is 6.04 Å². The first-order chi connectivity index (χ1) is 10.5. The number of sulfonamides is 1. The fourth-order valence-corrected chi connectivity index (χ4v) is 3.40. The maximum atomic E-state index is 12.9. The first-order valence-electron chi connectivity index (χ1n) is 6.63. The Morgan fingerprint density at radius 3 is 2.50 bits per heavy atom. The van der Waals surface area contributed by atoms with E-state index in [0.29, 0.717) is 11.5 Å². The predicted octanol–water partition coefficient (Wildman–Crippen LogP) is 2.59. The Kier molecular flexibility index (Phi) is 3.76. The Labute approximate surface area is 127 Å². The number of fused-ring (bicyclic) bond motifs is 1. The first kappa shape index (κ1) is 14.8. The van der Waals surface area contributed by atoms with Crippen LogP contribution in [0, 0.1) is 5.82 Å². The largest absolute Gasteiger partial charge is 0.454 e. The summed E-state index contributed by atoms with van der Waals surface area (Å²) in [4.78, 5) is 0.0153. The fourth-order valence-electron chi connectivity index (χ4n) is 2.17. The van der Waals surface area contributed by atoms with E-state index in [1.165, 1.54) is 12.1 Å². The zero-order chi connectivity index (χ0) is 15.7. The summed E-state index contributed by atoms with van der Waals surface area (Å²) in [6.45, 7) is 1.88. The van der Waals surface area contributed by atoms with Crippen LogP contribution in [-0.2, 0) is 10.0 Å². The molecule has 1 heterocycles. The lowest BCUT2D eigenvalue weighted by Crippen LogP contribution is -2.26. The lowest BCUT2D eigenvalue weighted by molar-refractivity contribution is 0.174. The molecule has 0 aliphatic carbocycles. The summed E-state index contributed by atoms with van der Waals surface area (Å²) < 4.78 is 50.5. The highest BCUT2D eigenvalue weighted by Gasteiger charge is 2.21. The standard InChI is InChI=1S/C15H14FNO4S/c1-10(11-2-7-14-15(8-11)21-9-20-14)17-22(18,19)13-5-3-12(16)4-6-13/h2-8,10,17H,9H2,1H3. The molecule has 2 aromatic carbocycles. The highest BCUT2D eigenvalue weighted by molar-refractivity contribution is 7.89. The van der Waals surface area contributed by atoms with Crippen molar-refractivity contribution in [2.75, 3.05) is 6.79 Å². The highest BCUT2D eigenvalue weighted by Crippen LogP contribution is 2.34. The molecule has 2 aromatic rings. The molecule has 1 N–H and O–H groups in total. The minimum Gasteiger partial charge on any atom is -0.454 e. The van der Waals surface area contributed by atoms with Crippen LogP contribution in [0.15, 0.2) is 47.4 Å². The van der Waals surface area contributed by atoms with Crippen LogP contribution in [0.5, 0.6) is 11.5 Å². The van der Waals surface area contributed by atoms with Crippen molar-refractivity contribution in [1.82, 2.24) is 4.72 Å². The van der Waals surface area contributed by atoms with Crippen LogP contribution in [-0.4, -0.2) is 15.2 Å². The Morgan fingerprint density at radius 2 is 1.77 bits per heavy atom. The van der Waals surface area contributed by atoms with Crippen LogP contribution in [0.3, 0.4) is 0 Å². The molecule has 0 fully saturated rings. The van der Waals surface area contributed by atoms with Crippen molar-refractivity contribution in [1.29, 1.82) is 0 Å². The monoisotopic (exact) mass is 323 g/mol. The van der Waals surface area contributed by atoms with Gasteiger partial charge in [-0.05, 0) is 48.9 Å². The number of benzene rings is 2. The third-order valence-electron chi connectivity index (χ3n) is 3.35. The molecule has 3 rings (SSSR count). The lowest BCUT2D eigenvalue weighted by atomic mass is 10.1. The zero-order valence-electron chi connectivity index (χ0n) is 11.7. The van der Waals surface area contributed by atoms with Gasteiger partial charge in [-0.3, -0.25) is 0 Å². The molecule has 0 bridgehead atoms.